The third-order valence-corrected chi connectivity index (χ3v) is 4.47. The van der Waals surface area contributed by atoms with E-state index < -0.39 is 46.8 Å². The molecule has 0 spiro atoms. The van der Waals surface area contributed by atoms with Crippen molar-refractivity contribution in [3.05, 3.63) is 35.9 Å². The highest BCUT2D eigenvalue weighted by atomic mass is 32.2. The molecule has 2 rings (SSSR count). The van der Waals surface area contributed by atoms with Gasteiger partial charge in [0.15, 0.2) is 0 Å². The molecule has 4 amide bonds. The maximum Gasteiger partial charge on any atom is 0.322 e. The molecule has 1 unspecified atom stereocenters. The van der Waals surface area contributed by atoms with Crippen molar-refractivity contribution < 1.29 is 29.1 Å². The second kappa shape index (κ2) is 8.99. The van der Waals surface area contributed by atoms with Crippen LogP contribution in [0.25, 0.3) is 0 Å². The lowest BCUT2D eigenvalue weighted by Crippen LogP contribution is -2.49. The monoisotopic (exact) mass is 379 g/mol. The minimum Gasteiger partial charge on any atom is -0.480 e. The molecular formula is C16H17N3O6S. The van der Waals surface area contributed by atoms with E-state index in [0.29, 0.717) is 11.8 Å². The van der Waals surface area contributed by atoms with Gasteiger partial charge in [-0.15, -0.1) is 0 Å². The van der Waals surface area contributed by atoms with Gasteiger partial charge in [-0.1, -0.05) is 42.1 Å². The number of aliphatic carboxylic acids is 1. The van der Waals surface area contributed by atoms with Crippen molar-refractivity contribution in [2.24, 2.45) is 0 Å². The van der Waals surface area contributed by atoms with Gasteiger partial charge in [0.1, 0.15) is 17.8 Å². The Bertz CT molecular complexity index is 724. The van der Waals surface area contributed by atoms with Crippen LogP contribution in [0.1, 0.15) is 12.0 Å². The Morgan fingerprint density at radius 1 is 1.19 bits per heavy atom. The van der Waals surface area contributed by atoms with Crippen molar-refractivity contribution in [1.82, 2.24) is 16.0 Å². The zero-order chi connectivity index (χ0) is 19.1. The summed E-state index contributed by atoms with van der Waals surface area (Å²) in [7, 11) is 0. The maximum absolute atomic E-state index is 12.2. The van der Waals surface area contributed by atoms with E-state index in [1.54, 1.807) is 30.3 Å². The van der Waals surface area contributed by atoms with Gasteiger partial charge < -0.3 is 15.7 Å². The number of rotatable bonds is 8. The van der Waals surface area contributed by atoms with Gasteiger partial charge in [-0.3, -0.25) is 29.3 Å². The molecule has 0 saturated carbocycles. The number of imide groups is 1. The summed E-state index contributed by atoms with van der Waals surface area (Å²) in [6.45, 7) is -0.574. The van der Waals surface area contributed by atoms with E-state index in [1.165, 1.54) is 0 Å². The Labute approximate surface area is 152 Å². The first-order valence-electron chi connectivity index (χ1n) is 7.69. The lowest BCUT2D eigenvalue weighted by Gasteiger charge is -2.18. The van der Waals surface area contributed by atoms with Crippen LogP contribution in [-0.2, 0) is 25.6 Å². The van der Waals surface area contributed by atoms with E-state index >= 15 is 0 Å². The molecule has 0 aliphatic carbocycles. The summed E-state index contributed by atoms with van der Waals surface area (Å²) in [6.07, 6.45) is -0.110. The van der Waals surface area contributed by atoms with E-state index in [-0.39, 0.29) is 12.8 Å². The normalized spacial score (nSPS) is 17.3. The van der Waals surface area contributed by atoms with E-state index in [1.807, 2.05) is 0 Å². The van der Waals surface area contributed by atoms with Gasteiger partial charge in [-0.2, -0.15) is 0 Å². The third kappa shape index (κ3) is 5.88. The molecule has 1 aromatic rings. The van der Waals surface area contributed by atoms with Crippen LogP contribution in [0.4, 0.5) is 4.79 Å². The Morgan fingerprint density at radius 3 is 2.46 bits per heavy atom. The molecule has 1 saturated heterocycles. The quantitative estimate of drug-likeness (QED) is 0.484. The molecular weight excluding hydrogens is 362 g/mol. The highest BCUT2D eigenvalue weighted by molar-refractivity contribution is 8.15. The Hall–Kier alpha value is -2.88. The van der Waals surface area contributed by atoms with Gasteiger partial charge in [-0.05, 0) is 5.56 Å². The van der Waals surface area contributed by atoms with Crippen LogP contribution >= 0.6 is 11.8 Å². The predicted octanol–water partition coefficient (Wildman–Crippen LogP) is -0.344. The molecule has 0 aromatic heterocycles. The number of thioether (sulfide) groups is 1. The Balaban J connectivity index is 2.01. The van der Waals surface area contributed by atoms with Gasteiger partial charge in [0.25, 0.3) is 5.24 Å². The molecule has 10 heteroatoms. The van der Waals surface area contributed by atoms with Gasteiger partial charge in [0, 0.05) is 12.8 Å². The average Bonchev–Trinajstić information content (AvgIpc) is 2.90. The lowest BCUT2D eigenvalue weighted by atomic mass is 10.0. The topological polar surface area (TPSA) is 142 Å². The van der Waals surface area contributed by atoms with E-state index in [2.05, 4.69) is 16.0 Å². The molecule has 4 N–H and O–H groups in total. The summed E-state index contributed by atoms with van der Waals surface area (Å²) < 4.78 is 0. The first-order chi connectivity index (χ1) is 12.3. The van der Waals surface area contributed by atoms with Gasteiger partial charge in [-0.25, -0.2) is 0 Å². The van der Waals surface area contributed by atoms with E-state index in [9.17, 15) is 24.0 Å². The number of carboxylic acid groups (broad SMARTS) is 1. The SMILES string of the molecule is O=C(O)CNC(=O)[C@H](Cc1ccccc1)NC(=O)CC1SC(=O)NC1=O. The highest BCUT2D eigenvalue weighted by Crippen LogP contribution is 2.21. The predicted molar refractivity (Wildman–Crippen MR) is 92.3 cm³/mol. The summed E-state index contributed by atoms with van der Waals surface area (Å²) in [5.74, 6) is -2.99. The van der Waals surface area contributed by atoms with Gasteiger partial charge >= 0.3 is 5.97 Å². The number of carboxylic acids is 1. The second-order valence-electron chi connectivity index (χ2n) is 5.51. The summed E-state index contributed by atoms with van der Waals surface area (Å²) in [5.41, 5.74) is 0.770. The van der Waals surface area contributed by atoms with Crippen molar-refractivity contribution in [3.8, 4) is 0 Å². The summed E-state index contributed by atoms with van der Waals surface area (Å²) in [4.78, 5) is 57.7. The Morgan fingerprint density at radius 2 is 1.88 bits per heavy atom. The molecule has 9 nitrogen and oxygen atoms in total. The summed E-state index contributed by atoms with van der Waals surface area (Å²) in [6, 6.07) is 7.87. The van der Waals surface area contributed by atoms with Crippen molar-refractivity contribution in [2.45, 2.75) is 24.1 Å². The number of benzene rings is 1. The third-order valence-electron chi connectivity index (χ3n) is 3.49. The molecule has 1 heterocycles. The molecule has 1 fully saturated rings. The van der Waals surface area contributed by atoms with E-state index in [0.717, 1.165) is 5.56 Å². The van der Waals surface area contributed by atoms with Crippen molar-refractivity contribution in [3.63, 3.8) is 0 Å². The number of carbonyl (C=O) groups excluding carboxylic acids is 4. The number of amides is 4. The van der Waals surface area contributed by atoms with Crippen LogP contribution in [-0.4, -0.2) is 51.9 Å². The van der Waals surface area contributed by atoms with Crippen LogP contribution in [0.5, 0.6) is 0 Å². The maximum atomic E-state index is 12.2. The summed E-state index contributed by atoms with van der Waals surface area (Å²) in [5, 5.41) is 14.1. The number of hydrogen-bond acceptors (Lipinski definition) is 6. The van der Waals surface area contributed by atoms with E-state index in [4.69, 9.17) is 5.11 Å². The number of carbonyl (C=O) groups is 5. The zero-order valence-corrected chi connectivity index (χ0v) is 14.4. The molecule has 138 valence electrons. The minimum absolute atomic E-state index is 0.154. The first kappa shape index (κ1) is 19.4. The van der Waals surface area contributed by atoms with Crippen LogP contribution < -0.4 is 16.0 Å². The molecule has 2 atom stereocenters. The van der Waals surface area contributed by atoms with Crippen LogP contribution in [0, 0.1) is 0 Å². The fraction of sp³-hybridized carbons (Fsp3) is 0.312. The Kier molecular flexibility index (Phi) is 6.73. The fourth-order valence-electron chi connectivity index (χ4n) is 2.29. The van der Waals surface area contributed by atoms with Crippen molar-refractivity contribution in [2.75, 3.05) is 6.54 Å². The fourth-order valence-corrected chi connectivity index (χ4v) is 3.11. The largest absolute Gasteiger partial charge is 0.480 e. The van der Waals surface area contributed by atoms with Crippen LogP contribution in [0.2, 0.25) is 0 Å². The molecule has 1 aromatic carbocycles. The number of nitrogens with one attached hydrogen (secondary N) is 3. The standard InChI is InChI=1S/C16H17N3O6S/c20-12(7-11-15(24)19-16(25)26-11)18-10(14(23)17-8-13(21)22)6-9-4-2-1-3-5-9/h1-5,10-11H,6-8H2,(H,17,23)(H,18,20)(H,21,22)(H,19,24,25)/t10-,11?/m0/s1. The first-order valence-corrected chi connectivity index (χ1v) is 8.57. The number of hydrogen-bond donors (Lipinski definition) is 4. The smallest absolute Gasteiger partial charge is 0.322 e. The molecule has 0 bridgehead atoms. The van der Waals surface area contributed by atoms with Crippen molar-refractivity contribution in [1.29, 1.82) is 0 Å². The second-order valence-corrected chi connectivity index (χ2v) is 6.68. The van der Waals surface area contributed by atoms with Crippen LogP contribution in [0.15, 0.2) is 30.3 Å². The zero-order valence-electron chi connectivity index (χ0n) is 13.6. The van der Waals surface area contributed by atoms with Crippen molar-refractivity contribution >= 4 is 40.7 Å². The molecule has 1 aliphatic heterocycles. The highest BCUT2D eigenvalue weighted by Gasteiger charge is 2.34. The van der Waals surface area contributed by atoms with Gasteiger partial charge in [0.2, 0.25) is 17.7 Å². The lowest BCUT2D eigenvalue weighted by molar-refractivity contribution is -0.138. The summed E-state index contributed by atoms with van der Waals surface area (Å²) >= 11 is 0.717. The molecule has 26 heavy (non-hydrogen) atoms. The van der Waals surface area contributed by atoms with Crippen LogP contribution in [0.3, 0.4) is 0 Å². The van der Waals surface area contributed by atoms with Gasteiger partial charge in [0.05, 0.1) is 0 Å². The molecule has 0 radical (unpaired) electrons. The average molecular weight is 379 g/mol. The minimum atomic E-state index is -1.21. The molecule has 1 aliphatic rings.